The molecule has 0 aliphatic carbocycles. The monoisotopic (exact) mass is 266 g/mol. The molecule has 19 heavy (non-hydrogen) atoms. The summed E-state index contributed by atoms with van der Waals surface area (Å²) in [6.07, 6.45) is 1.47. The summed E-state index contributed by atoms with van der Waals surface area (Å²) in [7, 11) is 0. The lowest BCUT2D eigenvalue weighted by molar-refractivity contribution is -0.124. The van der Waals surface area contributed by atoms with E-state index in [0.717, 1.165) is 0 Å². The molecule has 1 atom stereocenters. The normalized spacial score (nSPS) is 11.7. The van der Waals surface area contributed by atoms with Crippen molar-refractivity contribution < 1.29 is 14.3 Å². The van der Waals surface area contributed by atoms with Crippen LogP contribution >= 0.6 is 0 Å². The summed E-state index contributed by atoms with van der Waals surface area (Å²) < 4.78 is 6.28. The van der Waals surface area contributed by atoms with Crippen LogP contribution in [0.25, 0.3) is 0 Å². The molecule has 1 unspecified atom stereocenters. The first kappa shape index (κ1) is 14.9. The summed E-state index contributed by atoms with van der Waals surface area (Å²) >= 11 is 0. The number of likely N-dealkylation sites (N-methyl/N-ethyl adjacent to an activating group) is 1. The third-order valence-corrected chi connectivity index (χ3v) is 2.55. The molecule has 0 aliphatic heterocycles. The van der Waals surface area contributed by atoms with Gasteiger partial charge >= 0.3 is 5.97 Å². The number of hydrogen-bond donors (Lipinski definition) is 1. The van der Waals surface area contributed by atoms with E-state index in [1.165, 1.54) is 10.8 Å². The number of hydrogen-bond acceptors (Lipinski definition) is 5. The van der Waals surface area contributed by atoms with Crippen molar-refractivity contribution in [2.45, 2.75) is 26.8 Å². The predicted molar refractivity (Wildman–Crippen MR) is 68.6 cm³/mol. The molecule has 7 heteroatoms. The first-order valence-corrected chi connectivity index (χ1v) is 6.00. The average molecular weight is 266 g/mol. The van der Waals surface area contributed by atoms with Crippen LogP contribution in [0.15, 0.2) is 12.7 Å². The van der Waals surface area contributed by atoms with E-state index < -0.39 is 12.0 Å². The molecule has 0 aromatic carbocycles. The van der Waals surface area contributed by atoms with Crippen LogP contribution in [0.1, 0.15) is 36.1 Å². The Kier molecular flexibility index (Phi) is 5.23. The van der Waals surface area contributed by atoms with Gasteiger partial charge in [0.25, 0.3) is 0 Å². The molecule has 0 fully saturated rings. The van der Waals surface area contributed by atoms with Crippen molar-refractivity contribution >= 4 is 11.9 Å². The fraction of sp³-hybridized carbons (Fsp3) is 0.500. The molecule has 0 aliphatic rings. The van der Waals surface area contributed by atoms with Gasteiger partial charge in [0.2, 0.25) is 5.91 Å². The van der Waals surface area contributed by atoms with Gasteiger partial charge in [-0.3, -0.25) is 4.79 Å². The third kappa shape index (κ3) is 3.40. The molecule has 1 aromatic heterocycles. The van der Waals surface area contributed by atoms with Gasteiger partial charge in [0, 0.05) is 6.54 Å². The number of nitrogens with zero attached hydrogens (tertiary/aromatic N) is 3. The Balaban J connectivity index is 2.89. The molecule has 0 saturated heterocycles. The number of rotatable bonds is 6. The third-order valence-electron chi connectivity index (χ3n) is 2.55. The molecule has 0 spiro atoms. The minimum absolute atomic E-state index is 0.108. The van der Waals surface area contributed by atoms with E-state index in [-0.39, 0.29) is 18.2 Å². The Bertz CT molecular complexity index is 481. The van der Waals surface area contributed by atoms with Crippen molar-refractivity contribution in [2.75, 3.05) is 13.2 Å². The van der Waals surface area contributed by atoms with Crippen molar-refractivity contribution in [3.05, 3.63) is 24.0 Å². The molecule has 104 valence electrons. The van der Waals surface area contributed by atoms with Gasteiger partial charge < -0.3 is 10.1 Å². The molecule has 1 N–H and O–H groups in total. The molecule has 7 nitrogen and oxygen atoms in total. The van der Waals surface area contributed by atoms with E-state index in [9.17, 15) is 9.59 Å². The highest BCUT2D eigenvalue weighted by atomic mass is 16.5. The fourth-order valence-corrected chi connectivity index (χ4v) is 1.53. The Morgan fingerprint density at radius 2 is 2.26 bits per heavy atom. The van der Waals surface area contributed by atoms with Crippen molar-refractivity contribution in [3.63, 3.8) is 0 Å². The summed E-state index contributed by atoms with van der Waals surface area (Å²) in [5, 5.41) is 10.3. The Labute approximate surface area is 111 Å². The minimum Gasteiger partial charge on any atom is -0.457 e. The lowest BCUT2D eigenvalue weighted by Crippen LogP contribution is -2.31. The van der Waals surface area contributed by atoms with E-state index in [0.29, 0.717) is 12.2 Å². The number of aromatic nitrogens is 3. The van der Waals surface area contributed by atoms with E-state index in [4.69, 9.17) is 4.74 Å². The highest BCUT2D eigenvalue weighted by Gasteiger charge is 2.23. The summed E-state index contributed by atoms with van der Waals surface area (Å²) in [6.45, 7) is 9.28. The van der Waals surface area contributed by atoms with Gasteiger partial charge in [-0.2, -0.15) is 0 Å². The van der Waals surface area contributed by atoms with E-state index >= 15 is 0 Å². The maximum Gasteiger partial charge on any atom is 0.361 e. The van der Waals surface area contributed by atoms with E-state index in [1.54, 1.807) is 13.8 Å². The van der Waals surface area contributed by atoms with Crippen molar-refractivity contribution in [1.82, 2.24) is 20.3 Å². The molecule has 0 bridgehead atoms. The standard InChI is InChI=1S/C12H18N4O3/c1-5-7-19-12(18)10-8(3)16(15-14-10)9(4)11(17)13-6-2/h5,9H,1,6-7H2,2-4H3,(H,13,17). The Morgan fingerprint density at radius 1 is 1.58 bits per heavy atom. The second kappa shape index (κ2) is 6.67. The van der Waals surface area contributed by atoms with Gasteiger partial charge in [-0.25, -0.2) is 9.48 Å². The summed E-state index contributed by atoms with van der Waals surface area (Å²) in [5.74, 6) is -0.756. The smallest absolute Gasteiger partial charge is 0.361 e. The molecule has 0 saturated carbocycles. The fourth-order valence-electron chi connectivity index (χ4n) is 1.53. The number of ether oxygens (including phenoxy) is 1. The van der Waals surface area contributed by atoms with Gasteiger partial charge in [0.15, 0.2) is 5.69 Å². The molecule has 1 heterocycles. The first-order chi connectivity index (χ1) is 9.02. The molecule has 1 amide bonds. The first-order valence-electron chi connectivity index (χ1n) is 6.00. The van der Waals surface area contributed by atoms with Crippen LogP contribution in [0, 0.1) is 6.92 Å². The van der Waals surface area contributed by atoms with Gasteiger partial charge in [-0.05, 0) is 20.8 Å². The van der Waals surface area contributed by atoms with Crippen molar-refractivity contribution in [3.8, 4) is 0 Å². The highest BCUT2D eigenvalue weighted by molar-refractivity contribution is 5.88. The molecule has 1 aromatic rings. The highest BCUT2D eigenvalue weighted by Crippen LogP contribution is 2.12. The number of amides is 1. The van der Waals surface area contributed by atoms with Gasteiger partial charge in [0.1, 0.15) is 12.6 Å². The molecule has 1 rings (SSSR count). The zero-order chi connectivity index (χ0) is 14.4. The maximum absolute atomic E-state index is 11.7. The lowest BCUT2D eigenvalue weighted by Gasteiger charge is -2.12. The molecular formula is C12H18N4O3. The quantitative estimate of drug-likeness (QED) is 0.602. The van der Waals surface area contributed by atoms with Crippen LogP contribution in [0.4, 0.5) is 0 Å². The topological polar surface area (TPSA) is 86.1 Å². The van der Waals surface area contributed by atoms with E-state index in [1.807, 2.05) is 6.92 Å². The Hall–Kier alpha value is -2.18. The average Bonchev–Trinajstić information content (AvgIpc) is 2.77. The second-order valence-corrected chi connectivity index (χ2v) is 3.93. The number of carbonyl (C=O) groups is 2. The van der Waals surface area contributed by atoms with Crippen LogP contribution in [-0.2, 0) is 9.53 Å². The summed E-state index contributed by atoms with van der Waals surface area (Å²) in [4.78, 5) is 23.4. The van der Waals surface area contributed by atoms with Gasteiger partial charge in [0.05, 0.1) is 5.69 Å². The van der Waals surface area contributed by atoms with Crippen molar-refractivity contribution in [2.24, 2.45) is 0 Å². The number of nitrogens with one attached hydrogen (secondary N) is 1. The largest absolute Gasteiger partial charge is 0.457 e. The van der Waals surface area contributed by atoms with Gasteiger partial charge in [-0.15, -0.1) is 5.10 Å². The van der Waals surface area contributed by atoms with Gasteiger partial charge in [-0.1, -0.05) is 17.9 Å². The van der Waals surface area contributed by atoms with Crippen LogP contribution in [0.5, 0.6) is 0 Å². The lowest BCUT2D eigenvalue weighted by atomic mass is 10.2. The zero-order valence-corrected chi connectivity index (χ0v) is 11.3. The van der Waals surface area contributed by atoms with Crippen LogP contribution in [0.2, 0.25) is 0 Å². The van der Waals surface area contributed by atoms with Crippen LogP contribution in [-0.4, -0.2) is 40.0 Å². The number of esters is 1. The minimum atomic E-state index is -0.577. The van der Waals surface area contributed by atoms with Crippen molar-refractivity contribution in [1.29, 1.82) is 0 Å². The summed E-state index contributed by atoms with van der Waals surface area (Å²) in [6, 6.07) is -0.534. The molecular weight excluding hydrogens is 248 g/mol. The summed E-state index contributed by atoms with van der Waals surface area (Å²) in [5.41, 5.74) is 0.603. The van der Waals surface area contributed by atoms with Crippen LogP contribution in [0.3, 0.4) is 0 Å². The number of carbonyl (C=O) groups excluding carboxylic acids is 2. The SMILES string of the molecule is C=CCOC(=O)c1nnn(C(C)C(=O)NCC)c1C. The van der Waals surface area contributed by atoms with Crippen LogP contribution < -0.4 is 5.32 Å². The van der Waals surface area contributed by atoms with E-state index in [2.05, 4.69) is 22.2 Å². The molecule has 0 radical (unpaired) electrons. The maximum atomic E-state index is 11.7. The predicted octanol–water partition coefficient (Wildman–Crippen LogP) is 0.626. The zero-order valence-electron chi connectivity index (χ0n) is 11.3. The Morgan fingerprint density at radius 3 is 2.84 bits per heavy atom. The second-order valence-electron chi connectivity index (χ2n) is 3.93.